The van der Waals surface area contributed by atoms with E-state index in [0.717, 1.165) is 11.1 Å². The second kappa shape index (κ2) is 7.64. The van der Waals surface area contributed by atoms with Crippen molar-refractivity contribution in [3.05, 3.63) is 63.9 Å². The van der Waals surface area contributed by atoms with Gasteiger partial charge in [-0.05, 0) is 43.2 Å². The Labute approximate surface area is 162 Å². The first-order valence-corrected chi connectivity index (χ1v) is 8.89. The molecule has 0 bridgehead atoms. The number of hydrogen-bond donors (Lipinski definition) is 1. The van der Waals surface area contributed by atoms with Crippen LogP contribution in [0.25, 0.3) is 11.0 Å². The molecular weight excluding hydrogens is 356 g/mol. The fourth-order valence-electron chi connectivity index (χ4n) is 2.91. The molecule has 2 amide bonds. The lowest BCUT2D eigenvalue weighted by Gasteiger charge is -2.17. The predicted octanol–water partition coefficient (Wildman–Crippen LogP) is 2.63. The Morgan fingerprint density at radius 1 is 1.14 bits per heavy atom. The molecule has 1 heterocycles. The Morgan fingerprint density at radius 3 is 2.57 bits per heavy atom. The van der Waals surface area contributed by atoms with E-state index in [0.29, 0.717) is 16.7 Å². The van der Waals surface area contributed by atoms with Crippen LogP contribution in [0, 0.1) is 13.8 Å². The summed E-state index contributed by atoms with van der Waals surface area (Å²) < 4.78 is 1.34. The Hall–Kier alpha value is -3.48. The van der Waals surface area contributed by atoms with Crippen LogP contribution in [0.4, 0.5) is 11.5 Å². The normalized spacial score (nSPS) is 10.7. The average Bonchev–Trinajstić information content (AvgIpc) is 2.66. The molecule has 0 unspecified atom stereocenters. The van der Waals surface area contributed by atoms with Crippen molar-refractivity contribution in [2.45, 2.75) is 27.3 Å². The van der Waals surface area contributed by atoms with Crippen LogP contribution in [0.2, 0.25) is 0 Å². The van der Waals surface area contributed by atoms with Crippen molar-refractivity contribution in [1.29, 1.82) is 0 Å². The van der Waals surface area contributed by atoms with Gasteiger partial charge in [0.2, 0.25) is 17.6 Å². The van der Waals surface area contributed by atoms with Gasteiger partial charge in [0.05, 0.1) is 11.0 Å². The lowest BCUT2D eigenvalue weighted by molar-refractivity contribution is -0.117. The number of anilines is 2. The van der Waals surface area contributed by atoms with E-state index in [1.165, 1.54) is 23.4 Å². The molecular formula is C21H22N4O3. The van der Waals surface area contributed by atoms with Crippen LogP contribution in [0.1, 0.15) is 18.1 Å². The zero-order valence-corrected chi connectivity index (χ0v) is 16.3. The maximum absolute atomic E-state index is 13.0. The van der Waals surface area contributed by atoms with E-state index in [1.54, 1.807) is 24.3 Å². The van der Waals surface area contributed by atoms with Crippen molar-refractivity contribution >= 4 is 34.4 Å². The number of aryl methyl sites for hydroxylation is 2. The minimum atomic E-state index is -0.493. The quantitative estimate of drug-likeness (QED) is 0.756. The fourth-order valence-corrected chi connectivity index (χ4v) is 2.91. The largest absolute Gasteiger partial charge is 0.324 e. The van der Waals surface area contributed by atoms with E-state index in [2.05, 4.69) is 10.3 Å². The molecule has 3 aromatic rings. The number of amides is 2. The molecule has 28 heavy (non-hydrogen) atoms. The molecule has 7 heteroatoms. The third kappa shape index (κ3) is 3.78. The number of carbonyl (C=O) groups excluding carboxylic acids is 2. The Bertz CT molecular complexity index is 1130. The Balaban J connectivity index is 2.03. The summed E-state index contributed by atoms with van der Waals surface area (Å²) in [5.74, 6) is -0.652. The Kier molecular flexibility index (Phi) is 5.26. The summed E-state index contributed by atoms with van der Waals surface area (Å²) in [6.07, 6.45) is 0. The number of nitrogens with one attached hydrogen (secondary N) is 1. The summed E-state index contributed by atoms with van der Waals surface area (Å²) in [4.78, 5) is 42.9. The highest BCUT2D eigenvalue weighted by Crippen LogP contribution is 2.17. The summed E-state index contributed by atoms with van der Waals surface area (Å²) in [5.41, 5.74) is 3.24. The Morgan fingerprint density at radius 2 is 1.86 bits per heavy atom. The van der Waals surface area contributed by atoms with Gasteiger partial charge in [0.25, 0.3) is 5.56 Å². The van der Waals surface area contributed by atoms with Crippen LogP contribution in [0.3, 0.4) is 0 Å². The minimum Gasteiger partial charge on any atom is -0.324 e. The SMILES string of the molecule is CC(=O)N(C)c1nc2ccccc2n(CC(=O)Nc2cc(C)ccc2C)c1=O. The lowest BCUT2D eigenvalue weighted by Crippen LogP contribution is -2.36. The van der Waals surface area contributed by atoms with Crippen LogP contribution in [0.5, 0.6) is 0 Å². The molecule has 0 radical (unpaired) electrons. The maximum Gasteiger partial charge on any atom is 0.294 e. The van der Waals surface area contributed by atoms with Gasteiger partial charge >= 0.3 is 0 Å². The predicted molar refractivity (Wildman–Crippen MR) is 110 cm³/mol. The number of hydrogen-bond acceptors (Lipinski definition) is 4. The lowest BCUT2D eigenvalue weighted by atomic mass is 10.1. The maximum atomic E-state index is 13.0. The molecule has 1 aromatic heterocycles. The number of rotatable bonds is 4. The first-order valence-electron chi connectivity index (χ1n) is 8.89. The number of para-hydroxylation sites is 2. The van der Waals surface area contributed by atoms with Gasteiger partial charge in [0.1, 0.15) is 6.54 Å². The van der Waals surface area contributed by atoms with Gasteiger partial charge in [-0.3, -0.25) is 23.9 Å². The third-order valence-corrected chi connectivity index (χ3v) is 4.59. The van der Waals surface area contributed by atoms with Crippen molar-refractivity contribution in [3.8, 4) is 0 Å². The van der Waals surface area contributed by atoms with Crippen LogP contribution in [0.15, 0.2) is 47.3 Å². The molecule has 7 nitrogen and oxygen atoms in total. The number of nitrogens with zero attached hydrogens (tertiary/aromatic N) is 3. The van der Waals surface area contributed by atoms with Crippen molar-refractivity contribution in [1.82, 2.24) is 9.55 Å². The van der Waals surface area contributed by atoms with Gasteiger partial charge in [-0.2, -0.15) is 0 Å². The summed E-state index contributed by atoms with van der Waals surface area (Å²) in [7, 11) is 1.49. The molecule has 0 saturated carbocycles. The molecule has 3 rings (SSSR count). The molecule has 2 aromatic carbocycles. The molecule has 0 atom stereocenters. The number of aromatic nitrogens is 2. The molecule has 0 spiro atoms. The third-order valence-electron chi connectivity index (χ3n) is 4.59. The summed E-state index contributed by atoms with van der Waals surface area (Å²) in [6.45, 7) is 5.02. The number of benzene rings is 2. The minimum absolute atomic E-state index is 0.00858. The zero-order valence-electron chi connectivity index (χ0n) is 16.3. The molecule has 0 saturated heterocycles. The number of fused-ring (bicyclic) bond motifs is 1. The molecule has 0 aliphatic heterocycles. The highest BCUT2D eigenvalue weighted by molar-refractivity contribution is 5.93. The second-order valence-electron chi connectivity index (χ2n) is 6.76. The van der Waals surface area contributed by atoms with E-state index in [-0.39, 0.29) is 24.2 Å². The molecule has 0 aliphatic carbocycles. The van der Waals surface area contributed by atoms with Crippen molar-refractivity contribution in [3.63, 3.8) is 0 Å². The first-order chi connectivity index (χ1) is 13.3. The summed E-state index contributed by atoms with van der Waals surface area (Å²) in [6, 6.07) is 12.8. The van der Waals surface area contributed by atoms with Crippen LogP contribution < -0.4 is 15.8 Å². The molecule has 0 fully saturated rings. The molecule has 0 aliphatic rings. The van der Waals surface area contributed by atoms with Crippen LogP contribution in [-0.2, 0) is 16.1 Å². The van der Waals surface area contributed by atoms with E-state index >= 15 is 0 Å². The van der Waals surface area contributed by atoms with Crippen molar-refractivity contribution in [2.75, 3.05) is 17.3 Å². The van der Waals surface area contributed by atoms with Crippen LogP contribution >= 0.6 is 0 Å². The second-order valence-corrected chi connectivity index (χ2v) is 6.76. The van der Waals surface area contributed by atoms with Gasteiger partial charge in [0, 0.05) is 19.7 Å². The zero-order chi connectivity index (χ0) is 20.4. The fraction of sp³-hybridized carbons (Fsp3) is 0.238. The molecule has 1 N–H and O–H groups in total. The van der Waals surface area contributed by atoms with Gasteiger partial charge in [0.15, 0.2) is 0 Å². The standard InChI is InChI=1S/C21H22N4O3/c1-13-9-10-14(2)17(11-13)22-19(27)12-25-18-8-6-5-7-16(18)23-20(21(25)28)24(4)15(3)26/h5-11H,12H2,1-4H3,(H,22,27). The number of carbonyl (C=O) groups is 2. The average molecular weight is 378 g/mol. The van der Waals surface area contributed by atoms with Crippen molar-refractivity contribution in [2.24, 2.45) is 0 Å². The highest BCUT2D eigenvalue weighted by Gasteiger charge is 2.18. The first kappa shape index (κ1) is 19.3. The smallest absolute Gasteiger partial charge is 0.294 e. The summed E-state index contributed by atoms with van der Waals surface area (Å²) >= 11 is 0. The molecule has 144 valence electrons. The highest BCUT2D eigenvalue weighted by atomic mass is 16.2. The van der Waals surface area contributed by atoms with E-state index in [9.17, 15) is 14.4 Å². The van der Waals surface area contributed by atoms with E-state index in [4.69, 9.17) is 0 Å². The van der Waals surface area contributed by atoms with Crippen molar-refractivity contribution < 1.29 is 9.59 Å². The van der Waals surface area contributed by atoms with Gasteiger partial charge < -0.3 is 5.32 Å². The van der Waals surface area contributed by atoms with Gasteiger partial charge in [-0.15, -0.1) is 0 Å². The topological polar surface area (TPSA) is 84.3 Å². The monoisotopic (exact) mass is 378 g/mol. The summed E-state index contributed by atoms with van der Waals surface area (Å²) in [5, 5.41) is 2.86. The van der Waals surface area contributed by atoms with Gasteiger partial charge in [-0.1, -0.05) is 24.3 Å². The van der Waals surface area contributed by atoms with E-state index in [1.807, 2.05) is 32.0 Å². The van der Waals surface area contributed by atoms with E-state index < -0.39 is 5.56 Å². The van der Waals surface area contributed by atoms with Crippen LogP contribution in [-0.4, -0.2) is 28.4 Å². The van der Waals surface area contributed by atoms with Gasteiger partial charge in [-0.25, -0.2) is 4.98 Å².